The Balaban J connectivity index is 2.23. The number of nitrogen functional groups attached to an aromatic ring is 1. The van der Waals surface area contributed by atoms with Gasteiger partial charge in [0.1, 0.15) is 11.6 Å². The Morgan fingerprint density at radius 1 is 1.42 bits per heavy atom. The maximum absolute atomic E-state index is 12.1. The van der Waals surface area contributed by atoms with Crippen LogP contribution in [0.1, 0.15) is 16.1 Å². The smallest absolute Gasteiger partial charge is 0.256 e. The maximum Gasteiger partial charge on any atom is 0.256 e. The molecule has 0 atom stereocenters. The molecule has 0 saturated heterocycles. The summed E-state index contributed by atoms with van der Waals surface area (Å²) in [4.78, 5) is 12.1. The molecule has 0 aliphatic rings. The average molecular weight is 260 g/mol. The van der Waals surface area contributed by atoms with Crippen LogP contribution in [0.3, 0.4) is 0 Å². The molecule has 2 aromatic rings. The summed E-state index contributed by atoms with van der Waals surface area (Å²) in [5, 5.41) is 6.95. The molecule has 0 aliphatic heterocycles. The van der Waals surface area contributed by atoms with Crippen molar-refractivity contribution < 1.29 is 9.53 Å². The number of nitrogens with two attached hydrogens (primary N) is 1. The first-order valence-electron chi connectivity index (χ1n) is 5.76. The summed E-state index contributed by atoms with van der Waals surface area (Å²) in [5.74, 6) is 0.883. The van der Waals surface area contributed by atoms with Crippen molar-refractivity contribution in [3.8, 4) is 5.75 Å². The molecule has 1 heterocycles. The van der Waals surface area contributed by atoms with Gasteiger partial charge in [0.2, 0.25) is 0 Å². The predicted octanol–water partition coefficient (Wildman–Crippen LogP) is 1.57. The number of hydrogen-bond donors (Lipinski definition) is 2. The second-order valence-electron chi connectivity index (χ2n) is 4.21. The Morgan fingerprint density at radius 2 is 2.16 bits per heavy atom. The Labute approximate surface area is 111 Å². The van der Waals surface area contributed by atoms with Crippen LogP contribution in [-0.2, 0) is 7.05 Å². The number of aryl methyl sites for hydroxylation is 2. The van der Waals surface area contributed by atoms with E-state index in [1.165, 1.54) is 7.11 Å². The molecule has 1 aromatic carbocycles. The van der Waals surface area contributed by atoms with Crippen molar-refractivity contribution in [2.45, 2.75) is 6.92 Å². The molecule has 19 heavy (non-hydrogen) atoms. The molecule has 0 radical (unpaired) electrons. The second kappa shape index (κ2) is 5.01. The van der Waals surface area contributed by atoms with E-state index in [1.54, 1.807) is 36.0 Å². The second-order valence-corrected chi connectivity index (χ2v) is 4.21. The zero-order chi connectivity index (χ0) is 14.0. The summed E-state index contributed by atoms with van der Waals surface area (Å²) in [6.45, 7) is 1.86. The number of aromatic nitrogens is 2. The van der Waals surface area contributed by atoms with Gasteiger partial charge in [0.05, 0.1) is 18.5 Å². The first-order chi connectivity index (χ1) is 9.01. The van der Waals surface area contributed by atoms with Crippen LogP contribution in [0.15, 0.2) is 24.3 Å². The van der Waals surface area contributed by atoms with E-state index in [2.05, 4.69) is 10.4 Å². The Bertz CT molecular complexity index is 619. The first kappa shape index (κ1) is 12.9. The number of anilines is 2. The number of benzene rings is 1. The lowest BCUT2D eigenvalue weighted by atomic mass is 10.2. The van der Waals surface area contributed by atoms with E-state index >= 15 is 0 Å². The summed E-state index contributed by atoms with van der Waals surface area (Å²) in [6, 6.07) is 6.69. The first-order valence-corrected chi connectivity index (χ1v) is 5.76. The van der Waals surface area contributed by atoms with Gasteiger partial charge >= 0.3 is 0 Å². The van der Waals surface area contributed by atoms with Crippen LogP contribution in [0.25, 0.3) is 0 Å². The van der Waals surface area contributed by atoms with E-state index in [-0.39, 0.29) is 5.91 Å². The lowest BCUT2D eigenvalue weighted by molar-refractivity contribution is 0.102. The third kappa shape index (κ3) is 2.67. The van der Waals surface area contributed by atoms with Crippen molar-refractivity contribution in [1.82, 2.24) is 9.78 Å². The van der Waals surface area contributed by atoms with Crippen molar-refractivity contribution in [3.63, 3.8) is 0 Å². The molecule has 0 fully saturated rings. The minimum atomic E-state index is -0.235. The molecule has 0 spiro atoms. The number of nitrogens with one attached hydrogen (secondary N) is 1. The van der Waals surface area contributed by atoms with Crippen LogP contribution in [0.2, 0.25) is 0 Å². The van der Waals surface area contributed by atoms with Gasteiger partial charge in [0.15, 0.2) is 0 Å². The fraction of sp³-hybridized carbons (Fsp3) is 0.231. The van der Waals surface area contributed by atoms with Gasteiger partial charge in [-0.2, -0.15) is 5.10 Å². The molecule has 100 valence electrons. The minimum absolute atomic E-state index is 0.235. The van der Waals surface area contributed by atoms with Gasteiger partial charge in [0, 0.05) is 18.7 Å². The molecule has 1 aromatic heterocycles. The van der Waals surface area contributed by atoms with Crippen LogP contribution < -0.4 is 15.8 Å². The highest BCUT2D eigenvalue weighted by atomic mass is 16.5. The quantitative estimate of drug-likeness (QED) is 0.821. The number of ether oxygens (including phenoxy) is 1. The Kier molecular flexibility index (Phi) is 3.41. The molecule has 0 aliphatic carbocycles. The fourth-order valence-corrected chi connectivity index (χ4v) is 1.77. The van der Waals surface area contributed by atoms with Crippen molar-refractivity contribution in [3.05, 3.63) is 35.5 Å². The number of carbonyl (C=O) groups excluding carboxylic acids is 1. The third-order valence-electron chi connectivity index (χ3n) is 2.74. The van der Waals surface area contributed by atoms with Gasteiger partial charge in [-0.3, -0.25) is 9.48 Å². The topological polar surface area (TPSA) is 82.2 Å². The van der Waals surface area contributed by atoms with Crippen molar-refractivity contribution in [2.75, 3.05) is 18.2 Å². The lowest BCUT2D eigenvalue weighted by Crippen LogP contribution is -2.14. The normalized spacial score (nSPS) is 10.3. The molecule has 3 N–H and O–H groups in total. The van der Waals surface area contributed by atoms with E-state index in [9.17, 15) is 4.79 Å². The van der Waals surface area contributed by atoms with Crippen LogP contribution in [0, 0.1) is 6.92 Å². The van der Waals surface area contributed by atoms with Crippen LogP contribution in [0.4, 0.5) is 11.5 Å². The third-order valence-corrected chi connectivity index (χ3v) is 2.74. The van der Waals surface area contributed by atoms with E-state index in [0.717, 1.165) is 5.69 Å². The fourth-order valence-electron chi connectivity index (χ4n) is 1.77. The molecule has 0 saturated carbocycles. The molecule has 1 amide bonds. The summed E-state index contributed by atoms with van der Waals surface area (Å²) in [7, 11) is 3.28. The molecular weight excluding hydrogens is 244 g/mol. The molecule has 0 bridgehead atoms. The van der Waals surface area contributed by atoms with Crippen LogP contribution in [0.5, 0.6) is 5.75 Å². The summed E-state index contributed by atoms with van der Waals surface area (Å²) >= 11 is 0. The highest BCUT2D eigenvalue weighted by Crippen LogP contribution is 2.22. The van der Waals surface area contributed by atoms with Crippen molar-refractivity contribution in [2.24, 2.45) is 7.05 Å². The Morgan fingerprint density at radius 3 is 2.74 bits per heavy atom. The molecule has 0 unspecified atom stereocenters. The number of carbonyl (C=O) groups is 1. The zero-order valence-electron chi connectivity index (χ0n) is 11.1. The summed E-state index contributed by atoms with van der Waals surface area (Å²) < 4.78 is 6.70. The van der Waals surface area contributed by atoms with Gasteiger partial charge in [-0.25, -0.2) is 0 Å². The van der Waals surface area contributed by atoms with Crippen molar-refractivity contribution >= 4 is 17.4 Å². The van der Waals surface area contributed by atoms with Crippen molar-refractivity contribution in [1.29, 1.82) is 0 Å². The van der Waals surface area contributed by atoms with Gasteiger partial charge in [-0.1, -0.05) is 0 Å². The minimum Gasteiger partial charge on any atom is -0.495 e. The highest BCUT2D eigenvalue weighted by Gasteiger charge is 2.11. The largest absolute Gasteiger partial charge is 0.495 e. The zero-order valence-corrected chi connectivity index (χ0v) is 11.1. The van der Waals surface area contributed by atoms with Gasteiger partial charge in [-0.15, -0.1) is 0 Å². The van der Waals surface area contributed by atoms with Gasteiger partial charge in [0.25, 0.3) is 5.91 Å². The van der Waals surface area contributed by atoms with E-state index in [1.807, 2.05) is 6.92 Å². The average Bonchev–Trinajstić information content (AvgIpc) is 2.68. The summed E-state index contributed by atoms with van der Waals surface area (Å²) in [5.41, 5.74) is 7.52. The maximum atomic E-state index is 12.1. The van der Waals surface area contributed by atoms with E-state index in [0.29, 0.717) is 22.8 Å². The molecule has 2 rings (SSSR count). The SMILES string of the molecule is COc1cc(C(=O)Nc2cc(C)nn2C)ccc1N. The molecule has 6 heteroatoms. The molecular formula is C13H16N4O2. The number of amides is 1. The number of hydrogen-bond acceptors (Lipinski definition) is 4. The Hall–Kier alpha value is -2.50. The lowest BCUT2D eigenvalue weighted by Gasteiger charge is -2.08. The molecule has 6 nitrogen and oxygen atoms in total. The predicted molar refractivity (Wildman–Crippen MR) is 73.3 cm³/mol. The van der Waals surface area contributed by atoms with Crippen LogP contribution >= 0.6 is 0 Å². The number of methoxy groups -OCH3 is 1. The monoisotopic (exact) mass is 260 g/mol. The van der Waals surface area contributed by atoms with E-state index < -0.39 is 0 Å². The summed E-state index contributed by atoms with van der Waals surface area (Å²) in [6.07, 6.45) is 0. The highest BCUT2D eigenvalue weighted by molar-refractivity contribution is 6.04. The number of nitrogens with zero attached hydrogens (tertiary/aromatic N) is 2. The number of rotatable bonds is 3. The standard InChI is InChI=1S/C13H16N4O2/c1-8-6-12(17(2)16-8)15-13(18)9-4-5-10(14)11(7-9)19-3/h4-7H,14H2,1-3H3,(H,15,18). The van der Waals surface area contributed by atoms with E-state index in [4.69, 9.17) is 10.5 Å². The van der Waals surface area contributed by atoms with Gasteiger partial charge in [-0.05, 0) is 25.1 Å². The van der Waals surface area contributed by atoms with Crippen LogP contribution in [-0.4, -0.2) is 22.8 Å². The van der Waals surface area contributed by atoms with Gasteiger partial charge < -0.3 is 15.8 Å².